The van der Waals surface area contributed by atoms with Crippen LogP contribution in [-0.4, -0.2) is 32.3 Å². The van der Waals surface area contributed by atoms with Gasteiger partial charge in [0.25, 0.3) is 5.91 Å². The lowest BCUT2D eigenvalue weighted by Crippen LogP contribution is -2.17. The predicted octanol–water partition coefficient (Wildman–Crippen LogP) is 4.07. The first-order valence-corrected chi connectivity index (χ1v) is 9.45. The summed E-state index contributed by atoms with van der Waals surface area (Å²) in [6, 6.07) is 15.0. The van der Waals surface area contributed by atoms with Crippen LogP contribution >= 0.6 is 11.6 Å². The van der Waals surface area contributed by atoms with Crippen LogP contribution in [0, 0.1) is 0 Å². The SMILES string of the molecule is COC(=O)c1ccc(COc2ccc(C=NNC(=O)c3ccccc3Cl)cc2OC)o1. The van der Waals surface area contributed by atoms with Crippen LogP contribution in [0.25, 0.3) is 0 Å². The Morgan fingerprint density at radius 3 is 2.65 bits per heavy atom. The molecule has 3 aromatic rings. The molecule has 0 aliphatic heterocycles. The number of hydrazone groups is 1. The van der Waals surface area contributed by atoms with Crippen LogP contribution in [-0.2, 0) is 11.3 Å². The second-order valence-electron chi connectivity index (χ2n) is 6.14. The van der Waals surface area contributed by atoms with E-state index in [0.29, 0.717) is 33.4 Å². The lowest BCUT2D eigenvalue weighted by molar-refractivity contribution is 0.0560. The van der Waals surface area contributed by atoms with Gasteiger partial charge in [0.1, 0.15) is 12.4 Å². The molecule has 0 saturated carbocycles. The van der Waals surface area contributed by atoms with E-state index < -0.39 is 11.9 Å². The van der Waals surface area contributed by atoms with Crippen molar-refractivity contribution in [2.24, 2.45) is 5.10 Å². The largest absolute Gasteiger partial charge is 0.493 e. The molecule has 0 spiro atoms. The summed E-state index contributed by atoms with van der Waals surface area (Å²) >= 11 is 6.00. The molecule has 1 heterocycles. The van der Waals surface area contributed by atoms with Crippen molar-refractivity contribution in [3.05, 3.63) is 82.3 Å². The standard InChI is InChI=1S/C22H19ClN2O6/c1-28-20-11-14(12-24-25-21(26)16-5-3-4-6-17(16)23)7-9-18(20)30-13-15-8-10-19(31-15)22(27)29-2/h3-12H,13H2,1-2H3,(H,25,26). The van der Waals surface area contributed by atoms with Crippen LogP contribution in [0.1, 0.15) is 32.2 Å². The number of rotatable bonds is 8. The molecular formula is C22H19ClN2O6. The molecule has 2 aromatic carbocycles. The molecule has 0 radical (unpaired) electrons. The third-order valence-electron chi connectivity index (χ3n) is 4.10. The number of ether oxygens (including phenoxy) is 3. The van der Waals surface area contributed by atoms with Gasteiger partial charge in [0.2, 0.25) is 5.76 Å². The van der Waals surface area contributed by atoms with Crippen molar-refractivity contribution in [1.82, 2.24) is 5.43 Å². The van der Waals surface area contributed by atoms with Gasteiger partial charge in [-0.1, -0.05) is 23.7 Å². The zero-order valence-electron chi connectivity index (χ0n) is 16.8. The number of hydrogen-bond donors (Lipinski definition) is 1. The minimum Gasteiger partial charge on any atom is -0.493 e. The van der Waals surface area contributed by atoms with Gasteiger partial charge in [-0.05, 0) is 48.0 Å². The van der Waals surface area contributed by atoms with Crippen molar-refractivity contribution in [1.29, 1.82) is 0 Å². The Morgan fingerprint density at radius 1 is 1.10 bits per heavy atom. The van der Waals surface area contributed by atoms with Crippen LogP contribution in [0.5, 0.6) is 11.5 Å². The third kappa shape index (κ3) is 5.64. The van der Waals surface area contributed by atoms with Gasteiger partial charge >= 0.3 is 5.97 Å². The molecule has 0 bridgehead atoms. The number of nitrogens with zero attached hydrogens (tertiary/aromatic N) is 1. The molecule has 9 heteroatoms. The van der Waals surface area contributed by atoms with Crippen LogP contribution in [0.3, 0.4) is 0 Å². The van der Waals surface area contributed by atoms with Crippen molar-refractivity contribution < 1.29 is 28.2 Å². The molecule has 0 unspecified atom stereocenters. The van der Waals surface area contributed by atoms with Crippen molar-refractivity contribution in [2.45, 2.75) is 6.61 Å². The molecule has 1 amide bonds. The van der Waals surface area contributed by atoms with E-state index in [1.54, 1.807) is 48.5 Å². The smallest absolute Gasteiger partial charge is 0.373 e. The second-order valence-corrected chi connectivity index (χ2v) is 6.54. The molecule has 0 aliphatic rings. The Kier molecular flexibility index (Phi) is 7.29. The molecule has 160 valence electrons. The fourth-order valence-electron chi connectivity index (χ4n) is 2.57. The summed E-state index contributed by atoms with van der Waals surface area (Å²) in [7, 11) is 2.78. The Bertz CT molecular complexity index is 1110. The van der Waals surface area contributed by atoms with Gasteiger partial charge in [-0.15, -0.1) is 0 Å². The fourth-order valence-corrected chi connectivity index (χ4v) is 2.79. The number of furan rings is 1. The average molecular weight is 443 g/mol. The van der Waals surface area contributed by atoms with Crippen LogP contribution in [0.2, 0.25) is 5.02 Å². The number of nitrogens with one attached hydrogen (secondary N) is 1. The summed E-state index contributed by atoms with van der Waals surface area (Å²) in [6.45, 7) is 0.0919. The zero-order valence-corrected chi connectivity index (χ0v) is 17.5. The third-order valence-corrected chi connectivity index (χ3v) is 4.43. The summed E-state index contributed by atoms with van der Waals surface area (Å²) in [6.07, 6.45) is 1.47. The zero-order chi connectivity index (χ0) is 22.2. The highest BCUT2D eigenvalue weighted by atomic mass is 35.5. The van der Waals surface area contributed by atoms with Gasteiger partial charge in [-0.25, -0.2) is 10.2 Å². The topological polar surface area (TPSA) is 99.4 Å². The van der Waals surface area contributed by atoms with E-state index >= 15 is 0 Å². The van der Waals surface area contributed by atoms with Gasteiger partial charge in [-0.2, -0.15) is 5.10 Å². The second kappa shape index (κ2) is 10.3. The number of carbonyl (C=O) groups is 2. The summed E-state index contributed by atoms with van der Waals surface area (Å²) in [5, 5.41) is 4.29. The Morgan fingerprint density at radius 2 is 1.90 bits per heavy atom. The van der Waals surface area contributed by atoms with E-state index in [-0.39, 0.29) is 12.4 Å². The van der Waals surface area contributed by atoms with E-state index in [1.165, 1.54) is 26.5 Å². The van der Waals surface area contributed by atoms with E-state index in [4.69, 9.17) is 25.5 Å². The molecule has 0 fully saturated rings. The molecule has 31 heavy (non-hydrogen) atoms. The molecule has 0 aliphatic carbocycles. The highest BCUT2D eigenvalue weighted by Crippen LogP contribution is 2.28. The minimum absolute atomic E-state index is 0.0919. The molecule has 8 nitrogen and oxygen atoms in total. The van der Waals surface area contributed by atoms with Gasteiger partial charge in [0.05, 0.1) is 31.0 Å². The van der Waals surface area contributed by atoms with Crippen molar-refractivity contribution in [3.63, 3.8) is 0 Å². The van der Waals surface area contributed by atoms with E-state index in [2.05, 4.69) is 15.3 Å². The average Bonchev–Trinajstić information content (AvgIpc) is 3.26. The van der Waals surface area contributed by atoms with Gasteiger partial charge in [-0.3, -0.25) is 4.79 Å². The van der Waals surface area contributed by atoms with Crippen LogP contribution < -0.4 is 14.9 Å². The maximum absolute atomic E-state index is 12.1. The number of hydrogen-bond acceptors (Lipinski definition) is 7. The number of amides is 1. The molecule has 0 atom stereocenters. The van der Waals surface area contributed by atoms with E-state index in [9.17, 15) is 9.59 Å². The summed E-state index contributed by atoms with van der Waals surface area (Å²) in [5.74, 6) is 0.498. The maximum atomic E-state index is 12.1. The first-order valence-electron chi connectivity index (χ1n) is 9.07. The first-order chi connectivity index (χ1) is 15.0. The number of methoxy groups -OCH3 is 2. The monoisotopic (exact) mass is 442 g/mol. The highest BCUT2D eigenvalue weighted by Gasteiger charge is 2.13. The number of halogens is 1. The Balaban J connectivity index is 1.62. The normalized spacial score (nSPS) is 10.7. The Hall–Kier alpha value is -3.78. The quantitative estimate of drug-likeness (QED) is 0.320. The lowest BCUT2D eigenvalue weighted by Gasteiger charge is -2.10. The van der Waals surface area contributed by atoms with Gasteiger partial charge in [0.15, 0.2) is 11.5 Å². The first kappa shape index (κ1) is 21.9. The number of benzene rings is 2. The van der Waals surface area contributed by atoms with E-state index in [1.807, 2.05) is 0 Å². The fraction of sp³-hybridized carbons (Fsp3) is 0.136. The number of carbonyl (C=O) groups excluding carboxylic acids is 2. The number of esters is 1. The Labute approximate surface area is 183 Å². The minimum atomic E-state index is -0.561. The van der Waals surface area contributed by atoms with Crippen LogP contribution in [0.15, 0.2) is 64.1 Å². The van der Waals surface area contributed by atoms with Gasteiger partial charge < -0.3 is 18.6 Å². The highest BCUT2D eigenvalue weighted by molar-refractivity contribution is 6.33. The van der Waals surface area contributed by atoms with E-state index in [0.717, 1.165) is 0 Å². The summed E-state index contributed by atoms with van der Waals surface area (Å²) in [5.41, 5.74) is 3.43. The van der Waals surface area contributed by atoms with Gasteiger partial charge in [0, 0.05) is 0 Å². The molecule has 1 N–H and O–H groups in total. The molecular weight excluding hydrogens is 424 g/mol. The van der Waals surface area contributed by atoms with Crippen LogP contribution in [0.4, 0.5) is 0 Å². The summed E-state index contributed by atoms with van der Waals surface area (Å²) < 4.78 is 21.0. The molecule has 0 saturated heterocycles. The van der Waals surface area contributed by atoms with Crippen molar-refractivity contribution >= 4 is 29.7 Å². The van der Waals surface area contributed by atoms with Crippen molar-refractivity contribution in [3.8, 4) is 11.5 Å². The lowest BCUT2D eigenvalue weighted by atomic mass is 10.2. The molecule has 1 aromatic heterocycles. The predicted molar refractivity (Wildman–Crippen MR) is 114 cm³/mol. The molecule has 3 rings (SSSR count). The van der Waals surface area contributed by atoms with Crippen molar-refractivity contribution in [2.75, 3.05) is 14.2 Å². The summed E-state index contributed by atoms with van der Waals surface area (Å²) in [4.78, 5) is 23.6. The maximum Gasteiger partial charge on any atom is 0.373 e.